The second-order valence-corrected chi connectivity index (χ2v) is 6.65. The Morgan fingerprint density at radius 3 is 1.88 bits per heavy atom. The largest absolute Gasteiger partial charge is 0.493 e. The molecule has 0 bridgehead atoms. The molecule has 1 amide bonds. The fraction of sp³-hybridized carbons (Fsp3) is 0.632. The lowest BCUT2D eigenvalue weighted by atomic mass is 9.93. The number of hydrogen-bond donors (Lipinski definition) is 0. The molecule has 2 aliphatic carbocycles. The number of carbonyl (C=O) groups excluding carboxylic acids is 1. The first-order valence-electron chi connectivity index (χ1n) is 8.82. The molecule has 1 aromatic rings. The van der Waals surface area contributed by atoms with Crippen LogP contribution in [0.25, 0.3) is 0 Å². The first-order chi connectivity index (χ1) is 11.7. The number of carbonyl (C=O) groups is 1. The summed E-state index contributed by atoms with van der Waals surface area (Å²) >= 11 is 0. The van der Waals surface area contributed by atoms with Gasteiger partial charge in [-0.15, -0.1) is 0 Å². The molecule has 0 aliphatic heterocycles. The van der Waals surface area contributed by atoms with Crippen LogP contribution in [0.4, 0.5) is 0 Å². The Labute approximate surface area is 143 Å². The summed E-state index contributed by atoms with van der Waals surface area (Å²) in [6.07, 6.45) is 8.19. The summed E-state index contributed by atoms with van der Waals surface area (Å²) in [4.78, 5) is 15.4. The standard InChI is InChI=1S/C19H27NO4/c1-22-16-11-13(12-17(23-2)18(16)24-3)19(21)20(15-9-10-15)14-7-5-4-6-8-14/h11-12,14-15H,4-10H2,1-3H3. The molecule has 0 radical (unpaired) electrons. The lowest BCUT2D eigenvalue weighted by molar-refractivity contribution is 0.0613. The van der Waals surface area contributed by atoms with Gasteiger partial charge in [0.1, 0.15) is 0 Å². The molecule has 0 aromatic heterocycles. The van der Waals surface area contributed by atoms with Crippen LogP contribution in [0, 0.1) is 0 Å². The predicted molar refractivity (Wildman–Crippen MR) is 92.2 cm³/mol. The second-order valence-electron chi connectivity index (χ2n) is 6.65. The molecule has 2 fully saturated rings. The van der Waals surface area contributed by atoms with Crippen LogP contribution in [0.1, 0.15) is 55.3 Å². The number of nitrogens with zero attached hydrogens (tertiary/aromatic N) is 1. The maximum atomic E-state index is 13.2. The first kappa shape index (κ1) is 16.9. The normalized spacial score (nSPS) is 18.1. The molecule has 5 heteroatoms. The van der Waals surface area contributed by atoms with Crippen LogP contribution in [0.15, 0.2) is 12.1 Å². The molecule has 0 heterocycles. The summed E-state index contributed by atoms with van der Waals surface area (Å²) < 4.78 is 16.1. The van der Waals surface area contributed by atoms with E-state index in [0.29, 0.717) is 34.9 Å². The zero-order chi connectivity index (χ0) is 17.1. The van der Waals surface area contributed by atoms with Gasteiger partial charge in [0.05, 0.1) is 21.3 Å². The Morgan fingerprint density at radius 2 is 1.42 bits per heavy atom. The van der Waals surface area contributed by atoms with Crippen molar-refractivity contribution >= 4 is 5.91 Å². The molecule has 0 N–H and O–H groups in total. The molecule has 132 valence electrons. The summed E-state index contributed by atoms with van der Waals surface area (Å²) in [6.45, 7) is 0. The Balaban J connectivity index is 1.92. The van der Waals surface area contributed by atoms with Crippen LogP contribution >= 0.6 is 0 Å². The molecular formula is C19H27NO4. The summed E-state index contributed by atoms with van der Waals surface area (Å²) in [5, 5.41) is 0. The van der Waals surface area contributed by atoms with Crippen LogP contribution in [-0.4, -0.2) is 44.2 Å². The quantitative estimate of drug-likeness (QED) is 0.797. The number of amides is 1. The van der Waals surface area contributed by atoms with E-state index in [2.05, 4.69) is 4.90 Å². The van der Waals surface area contributed by atoms with Crippen LogP contribution < -0.4 is 14.2 Å². The van der Waals surface area contributed by atoms with E-state index in [1.165, 1.54) is 19.3 Å². The molecule has 0 spiro atoms. The second kappa shape index (κ2) is 7.32. The van der Waals surface area contributed by atoms with Crippen LogP contribution in [0.3, 0.4) is 0 Å². The van der Waals surface area contributed by atoms with Crippen molar-refractivity contribution < 1.29 is 19.0 Å². The van der Waals surface area contributed by atoms with Gasteiger partial charge in [0.15, 0.2) is 11.5 Å². The molecule has 0 saturated heterocycles. The van der Waals surface area contributed by atoms with E-state index in [1.807, 2.05) is 0 Å². The Kier molecular flexibility index (Phi) is 5.17. The molecular weight excluding hydrogens is 306 g/mol. The van der Waals surface area contributed by atoms with E-state index in [9.17, 15) is 4.79 Å². The highest BCUT2D eigenvalue weighted by Crippen LogP contribution is 2.40. The zero-order valence-electron chi connectivity index (χ0n) is 14.8. The molecule has 0 unspecified atom stereocenters. The average molecular weight is 333 g/mol. The molecule has 5 nitrogen and oxygen atoms in total. The molecule has 24 heavy (non-hydrogen) atoms. The van der Waals surface area contributed by atoms with E-state index in [0.717, 1.165) is 25.7 Å². The highest BCUT2D eigenvalue weighted by Gasteiger charge is 2.38. The van der Waals surface area contributed by atoms with E-state index in [1.54, 1.807) is 33.5 Å². The highest BCUT2D eigenvalue weighted by atomic mass is 16.5. The SMILES string of the molecule is COc1cc(C(=O)N(C2CCCCC2)C2CC2)cc(OC)c1OC. The smallest absolute Gasteiger partial charge is 0.254 e. The number of rotatable bonds is 6. The number of benzene rings is 1. The van der Waals surface area contributed by atoms with E-state index < -0.39 is 0 Å². The van der Waals surface area contributed by atoms with Crippen molar-refractivity contribution in [2.24, 2.45) is 0 Å². The Hall–Kier alpha value is -1.91. The topological polar surface area (TPSA) is 48.0 Å². The van der Waals surface area contributed by atoms with Crippen molar-refractivity contribution in [2.45, 2.75) is 57.0 Å². The summed E-state index contributed by atoms with van der Waals surface area (Å²) in [5.41, 5.74) is 0.613. The fourth-order valence-corrected chi connectivity index (χ4v) is 3.70. The number of methoxy groups -OCH3 is 3. The maximum Gasteiger partial charge on any atom is 0.254 e. The van der Waals surface area contributed by atoms with E-state index >= 15 is 0 Å². The molecule has 0 atom stereocenters. The van der Waals surface area contributed by atoms with Crippen molar-refractivity contribution in [1.29, 1.82) is 0 Å². The van der Waals surface area contributed by atoms with Crippen molar-refractivity contribution in [1.82, 2.24) is 4.90 Å². The number of ether oxygens (including phenoxy) is 3. The molecule has 1 aromatic carbocycles. The monoisotopic (exact) mass is 333 g/mol. The van der Waals surface area contributed by atoms with Gasteiger partial charge < -0.3 is 19.1 Å². The average Bonchev–Trinajstić information content (AvgIpc) is 3.46. The van der Waals surface area contributed by atoms with Gasteiger partial charge in [-0.3, -0.25) is 4.79 Å². The van der Waals surface area contributed by atoms with Crippen molar-refractivity contribution in [3.63, 3.8) is 0 Å². The molecule has 2 saturated carbocycles. The van der Waals surface area contributed by atoms with E-state index in [-0.39, 0.29) is 5.91 Å². The van der Waals surface area contributed by atoms with E-state index in [4.69, 9.17) is 14.2 Å². The maximum absolute atomic E-state index is 13.2. The third kappa shape index (κ3) is 3.30. The summed E-state index contributed by atoms with van der Waals surface area (Å²) in [7, 11) is 4.72. The molecule has 3 rings (SSSR count). The molecule has 2 aliphatic rings. The number of hydrogen-bond acceptors (Lipinski definition) is 4. The van der Waals surface area contributed by atoms with Gasteiger partial charge in [-0.1, -0.05) is 19.3 Å². The van der Waals surface area contributed by atoms with Gasteiger partial charge >= 0.3 is 0 Å². The minimum atomic E-state index is 0.0867. The third-order valence-corrected chi connectivity index (χ3v) is 5.05. The highest BCUT2D eigenvalue weighted by molar-refractivity contribution is 5.96. The van der Waals surface area contributed by atoms with Gasteiger partial charge in [-0.25, -0.2) is 0 Å². The zero-order valence-corrected chi connectivity index (χ0v) is 14.8. The minimum Gasteiger partial charge on any atom is -0.493 e. The Morgan fingerprint density at radius 1 is 0.875 bits per heavy atom. The van der Waals surface area contributed by atoms with Gasteiger partial charge in [-0.05, 0) is 37.8 Å². The van der Waals surface area contributed by atoms with Gasteiger partial charge in [-0.2, -0.15) is 0 Å². The van der Waals surface area contributed by atoms with Crippen LogP contribution in [0.2, 0.25) is 0 Å². The third-order valence-electron chi connectivity index (χ3n) is 5.05. The first-order valence-corrected chi connectivity index (χ1v) is 8.82. The lowest BCUT2D eigenvalue weighted by Crippen LogP contribution is -2.43. The minimum absolute atomic E-state index is 0.0867. The van der Waals surface area contributed by atoms with Crippen molar-refractivity contribution in [3.05, 3.63) is 17.7 Å². The lowest BCUT2D eigenvalue weighted by Gasteiger charge is -2.35. The van der Waals surface area contributed by atoms with Crippen molar-refractivity contribution in [3.8, 4) is 17.2 Å². The van der Waals surface area contributed by atoms with Gasteiger partial charge in [0.2, 0.25) is 5.75 Å². The van der Waals surface area contributed by atoms with Crippen LogP contribution in [0.5, 0.6) is 17.2 Å². The predicted octanol–water partition coefficient (Wildman–Crippen LogP) is 3.65. The summed E-state index contributed by atoms with van der Waals surface area (Å²) in [6, 6.07) is 4.31. The van der Waals surface area contributed by atoms with Crippen molar-refractivity contribution in [2.75, 3.05) is 21.3 Å². The Bertz CT molecular complexity index is 566. The van der Waals surface area contributed by atoms with Gasteiger partial charge in [0, 0.05) is 17.6 Å². The fourth-order valence-electron chi connectivity index (χ4n) is 3.70. The summed E-state index contributed by atoms with van der Waals surface area (Å²) in [5.74, 6) is 1.66. The van der Waals surface area contributed by atoms with Gasteiger partial charge in [0.25, 0.3) is 5.91 Å². The van der Waals surface area contributed by atoms with Crippen LogP contribution in [-0.2, 0) is 0 Å².